The lowest BCUT2D eigenvalue weighted by Crippen LogP contribution is -2.37. The van der Waals surface area contributed by atoms with Crippen LogP contribution < -0.4 is 15.9 Å². The lowest BCUT2D eigenvalue weighted by atomic mass is 10.4. The number of ether oxygens (including phenoxy) is 1. The van der Waals surface area contributed by atoms with Crippen LogP contribution in [0.3, 0.4) is 0 Å². The molecule has 3 aromatic rings. The minimum Gasteiger partial charge on any atom is -0.379 e. The summed E-state index contributed by atoms with van der Waals surface area (Å²) in [6.07, 6.45) is 0. The zero-order valence-electron chi connectivity index (χ0n) is 18.0. The Balaban J connectivity index is 2.10. The summed E-state index contributed by atoms with van der Waals surface area (Å²) >= 11 is 6.46. The Morgan fingerprint density at radius 1 is 0.742 bits per heavy atom. The highest BCUT2D eigenvalue weighted by atomic mass is 32.4. The van der Waals surface area contributed by atoms with E-state index in [1.54, 1.807) is 0 Å². The van der Waals surface area contributed by atoms with Crippen LogP contribution in [0.15, 0.2) is 95.5 Å². The zero-order valence-corrected chi connectivity index (χ0v) is 20.6. The molecule has 1 atom stereocenters. The molecule has 0 radical (unpaired) electrons. The maximum Gasteiger partial charge on any atom is 0.187 e. The van der Waals surface area contributed by atoms with Crippen molar-refractivity contribution in [2.75, 3.05) is 40.4 Å². The van der Waals surface area contributed by atoms with E-state index in [1.807, 2.05) is 0 Å². The normalized spacial score (nSPS) is 17.3. The molecule has 1 saturated heterocycles. The number of morpholine rings is 1. The van der Waals surface area contributed by atoms with Crippen molar-refractivity contribution in [1.82, 2.24) is 9.34 Å². The largest absolute Gasteiger partial charge is 0.379 e. The van der Waals surface area contributed by atoms with Crippen LogP contribution in [-0.2, 0) is 16.5 Å². The van der Waals surface area contributed by atoms with Crippen LogP contribution in [0.5, 0.6) is 0 Å². The van der Waals surface area contributed by atoms with E-state index in [2.05, 4.69) is 114 Å². The van der Waals surface area contributed by atoms with Gasteiger partial charge >= 0.3 is 0 Å². The molecule has 0 saturated carbocycles. The third-order valence-corrected chi connectivity index (χ3v) is 15.2. The molecule has 7 heteroatoms. The van der Waals surface area contributed by atoms with Gasteiger partial charge in [-0.05, 0) is 25.9 Å². The molecule has 4 nitrogen and oxygen atoms in total. The van der Waals surface area contributed by atoms with Crippen LogP contribution in [0.2, 0.25) is 0 Å². The highest BCUT2D eigenvalue weighted by Gasteiger charge is 2.36. The Morgan fingerprint density at radius 2 is 1.13 bits per heavy atom. The second-order valence-corrected chi connectivity index (χ2v) is 15.1. The number of hydrogen-bond donors (Lipinski definition) is 0. The highest BCUT2D eigenvalue weighted by molar-refractivity contribution is 8.13. The Kier molecular flexibility index (Phi) is 7.23. The van der Waals surface area contributed by atoms with Gasteiger partial charge in [-0.25, -0.2) is 9.19 Å². The van der Waals surface area contributed by atoms with Crippen molar-refractivity contribution in [3.63, 3.8) is 0 Å². The van der Waals surface area contributed by atoms with Crippen LogP contribution in [0, 0.1) is 0 Å². The first kappa shape index (κ1) is 22.6. The summed E-state index contributed by atoms with van der Waals surface area (Å²) in [7, 11) is 1.81. The number of rotatable bonds is 6. The Morgan fingerprint density at radius 3 is 1.48 bits per heavy atom. The van der Waals surface area contributed by atoms with E-state index in [1.165, 1.54) is 15.9 Å². The summed E-state index contributed by atoms with van der Waals surface area (Å²) in [6.45, 7) is 0.651. The predicted molar refractivity (Wildman–Crippen MR) is 138 cm³/mol. The van der Waals surface area contributed by atoms with Crippen molar-refractivity contribution in [2.24, 2.45) is 4.52 Å². The molecule has 162 valence electrons. The predicted octanol–water partition coefficient (Wildman–Crippen LogP) is 4.28. The fraction of sp³-hybridized carbons (Fsp3) is 0.250. The van der Waals surface area contributed by atoms with Crippen LogP contribution >= 0.6 is 13.5 Å². The second-order valence-electron chi connectivity index (χ2n) is 7.66. The van der Waals surface area contributed by atoms with Crippen molar-refractivity contribution in [2.45, 2.75) is 0 Å². The number of benzene rings is 3. The van der Waals surface area contributed by atoms with Gasteiger partial charge in [0.2, 0.25) is 0 Å². The van der Waals surface area contributed by atoms with E-state index in [9.17, 15) is 0 Å². The Hall–Kier alpha value is -1.58. The van der Waals surface area contributed by atoms with Gasteiger partial charge in [-0.3, -0.25) is 4.67 Å². The molecule has 1 unspecified atom stereocenters. The molecule has 1 aliphatic rings. The maximum absolute atomic E-state index is 6.46. The highest BCUT2D eigenvalue weighted by Crippen LogP contribution is 2.63. The first-order chi connectivity index (χ1) is 15.1. The van der Waals surface area contributed by atoms with Crippen molar-refractivity contribution < 1.29 is 4.74 Å². The van der Waals surface area contributed by atoms with Gasteiger partial charge in [-0.2, -0.15) is 0 Å². The van der Waals surface area contributed by atoms with Crippen LogP contribution in [0.25, 0.3) is 0 Å². The molecule has 4 rings (SSSR count). The molecular formula is C24H29N3OP2S. The van der Waals surface area contributed by atoms with Gasteiger partial charge in [-0.15, -0.1) is 0 Å². The van der Waals surface area contributed by atoms with Gasteiger partial charge < -0.3 is 4.74 Å². The van der Waals surface area contributed by atoms with Gasteiger partial charge in [0.15, 0.2) is 6.49 Å². The van der Waals surface area contributed by atoms with Crippen LogP contribution in [0.4, 0.5) is 0 Å². The fourth-order valence-corrected chi connectivity index (χ4v) is 13.0. The second kappa shape index (κ2) is 9.92. The molecule has 0 amide bonds. The standard InChI is InChI=1S/C24H29N3OP2S/c1-26(2)30(31,27-18-20-28-21-19-27)25-29(22-12-6-3-7-13-22,23-14-8-4-9-15-23)24-16-10-5-11-17-24/h3-17H,18-21H2,1-2H3. The Bertz CT molecular complexity index is 982. The number of nitrogens with zero attached hydrogens (tertiary/aromatic N) is 3. The Labute approximate surface area is 191 Å². The minimum atomic E-state index is -2.39. The van der Waals surface area contributed by atoms with Crippen molar-refractivity contribution >= 4 is 41.3 Å². The molecule has 1 aliphatic heterocycles. The molecule has 0 spiro atoms. The van der Waals surface area contributed by atoms with E-state index >= 15 is 0 Å². The first-order valence-electron chi connectivity index (χ1n) is 10.5. The molecular weight excluding hydrogens is 440 g/mol. The molecule has 3 aromatic carbocycles. The minimum absolute atomic E-state index is 0.704. The van der Waals surface area contributed by atoms with Gasteiger partial charge in [0.25, 0.3) is 0 Å². The van der Waals surface area contributed by atoms with Gasteiger partial charge in [0.05, 0.1) is 20.3 Å². The summed E-state index contributed by atoms with van der Waals surface area (Å²) in [5.74, 6) is 0. The maximum atomic E-state index is 6.46. The summed E-state index contributed by atoms with van der Waals surface area (Å²) < 4.78 is 16.0. The summed E-state index contributed by atoms with van der Waals surface area (Å²) in [6, 6.07) is 32.2. The SMILES string of the molecule is CN(C)P(=S)(N=P(c1ccccc1)(c1ccccc1)c1ccccc1)N1CCOCC1. The summed E-state index contributed by atoms with van der Waals surface area (Å²) in [5, 5.41) is 3.70. The quantitative estimate of drug-likeness (QED) is 0.504. The molecule has 0 bridgehead atoms. The lowest BCUT2D eigenvalue weighted by Gasteiger charge is -2.41. The third kappa shape index (κ3) is 4.50. The fourth-order valence-electron chi connectivity index (χ4n) is 3.91. The average molecular weight is 470 g/mol. The van der Waals surface area contributed by atoms with Crippen molar-refractivity contribution in [3.8, 4) is 0 Å². The van der Waals surface area contributed by atoms with Gasteiger partial charge in [0.1, 0.15) is 0 Å². The zero-order chi connectivity index (χ0) is 21.7. The van der Waals surface area contributed by atoms with Crippen LogP contribution in [-0.4, -0.2) is 49.7 Å². The van der Waals surface area contributed by atoms with E-state index in [4.69, 9.17) is 21.1 Å². The van der Waals surface area contributed by atoms with Gasteiger partial charge in [0, 0.05) is 29.0 Å². The average Bonchev–Trinajstić information content (AvgIpc) is 2.84. The third-order valence-electron chi connectivity index (χ3n) is 5.52. The van der Waals surface area contributed by atoms with E-state index in [0.29, 0.717) is 13.2 Å². The summed E-state index contributed by atoms with van der Waals surface area (Å²) in [5.41, 5.74) is 0. The van der Waals surface area contributed by atoms with E-state index in [0.717, 1.165) is 13.1 Å². The molecule has 0 N–H and O–H groups in total. The first-order valence-corrected chi connectivity index (χ1v) is 14.9. The lowest BCUT2D eigenvalue weighted by molar-refractivity contribution is 0.0729. The van der Waals surface area contributed by atoms with Crippen LogP contribution in [0.1, 0.15) is 0 Å². The van der Waals surface area contributed by atoms with E-state index in [-0.39, 0.29) is 0 Å². The number of hydrogen-bond acceptors (Lipinski definition) is 2. The topological polar surface area (TPSA) is 28.1 Å². The molecule has 1 heterocycles. The molecule has 0 aromatic heterocycles. The van der Waals surface area contributed by atoms with E-state index < -0.39 is 13.5 Å². The molecule has 1 fully saturated rings. The smallest absolute Gasteiger partial charge is 0.187 e. The summed E-state index contributed by atoms with van der Waals surface area (Å²) in [4.78, 5) is 0. The molecule has 0 aliphatic carbocycles. The van der Waals surface area contributed by atoms with Gasteiger partial charge in [-0.1, -0.05) is 91.0 Å². The van der Waals surface area contributed by atoms with Crippen molar-refractivity contribution in [1.29, 1.82) is 0 Å². The monoisotopic (exact) mass is 469 g/mol. The molecule has 31 heavy (non-hydrogen) atoms. The van der Waals surface area contributed by atoms with Crippen molar-refractivity contribution in [3.05, 3.63) is 91.0 Å².